The molecule has 27 heavy (non-hydrogen) atoms. The molecule has 0 unspecified atom stereocenters. The Bertz CT molecular complexity index is 888. The Morgan fingerprint density at radius 3 is 2.33 bits per heavy atom. The Labute approximate surface area is 158 Å². The van der Waals surface area contributed by atoms with Gasteiger partial charge in [0.1, 0.15) is 11.5 Å². The molecule has 0 radical (unpaired) electrons. The number of ketones is 1. The molecule has 2 aromatic carbocycles. The molecule has 0 bridgehead atoms. The average molecular weight is 369 g/mol. The van der Waals surface area contributed by atoms with Crippen molar-refractivity contribution in [1.29, 1.82) is 0 Å². The number of carbonyl (C=O) groups excluding carboxylic acids is 1. The van der Waals surface area contributed by atoms with E-state index in [1.807, 2.05) is 49.3 Å². The van der Waals surface area contributed by atoms with Crippen molar-refractivity contribution in [3.63, 3.8) is 0 Å². The van der Waals surface area contributed by atoms with E-state index in [9.17, 15) is 9.90 Å². The summed E-state index contributed by atoms with van der Waals surface area (Å²) in [7, 11) is 3.95. The standard InChI is InChI=1S/C21H23NO5/c1-12(23)20-19(13-5-7-14(8-6-13)22(3)4)15-9-17-18(26-11-25-17)10-16(15)27-21(20,2)24/h5-10,19-20,24H,11H2,1-4H3/t19-,20-,21-/m1/s1. The minimum Gasteiger partial charge on any atom is -0.462 e. The van der Waals surface area contributed by atoms with Crippen LogP contribution < -0.4 is 19.1 Å². The van der Waals surface area contributed by atoms with E-state index in [1.54, 1.807) is 6.07 Å². The number of ether oxygens (including phenoxy) is 3. The van der Waals surface area contributed by atoms with Crippen LogP contribution in [0.2, 0.25) is 0 Å². The third kappa shape index (κ3) is 2.90. The topological polar surface area (TPSA) is 68.2 Å². The molecule has 2 aromatic rings. The number of benzene rings is 2. The average Bonchev–Trinajstić information content (AvgIpc) is 3.05. The minimum atomic E-state index is -1.63. The molecule has 2 aliphatic heterocycles. The van der Waals surface area contributed by atoms with Crippen molar-refractivity contribution in [2.24, 2.45) is 5.92 Å². The molecule has 0 amide bonds. The lowest BCUT2D eigenvalue weighted by Gasteiger charge is -2.42. The molecule has 6 heteroatoms. The third-order valence-corrected chi connectivity index (χ3v) is 5.27. The van der Waals surface area contributed by atoms with Gasteiger partial charge in [-0.05, 0) is 30.7 Å². The molecule has 142 valence electrons. The van der Waals surface area contributed by atoms with Crippen LogP contribution in [0, 0.1) is 5.92 Å². The summed E-state index contributed by atoms with van der Waals surface area (Å²) in [4.78, 5) is 14.5. The van der Waals surface area contributed by atoms with Crippen molar-refractivity contribution in [3.8, 4) is 17.2 Å². The maximum absolute atomic E-state index is 12.5. The van der Waals surface area contributed by atoms with Gasteiger partial charge in [0, 0.05) is 44.3 Å². The van der Waals surface area contributed by atoms with Gasteiger partial charge in [-0.1, -0.05) is 12.1 Å². The second kappa shape index (κ2) is 6.16. The van der Waals surface area contributed by atoms with Crippen molar-refractivity contribution < 1.29 is 24.1 Å². The van der Waals surface area contributed by atoms with Crippen LogP contribution in [0.25, 0.3) is 0 Å². The summed E-state index contributed by atoms with van der Waals surface area (Å²) in [5.41, 5.74) is 2.80. The van der Waals surface area contributed by atoms with Crippen LogP contribution in [0.15, 0.2) is 36.4 Å². The summed E-state index contributed by atoms with van der Waals surface area (Å²) < 4.78 is 16.8. The largest absolute Gasteiger partial charge is 0.462 e. The molecule has 0 aromatic heterocycles. The third-order valence-electron chi connectivity index (χ3n) is 5.27. The highest BCUT2D eigenvalue weighted by Gasteiger charge is 2.49. The van der Waals surface area contributed by atoms with Gasteiger partial charge in [0.05, 0.1) is 5.92 Å². The Hall–Kier alpha value is -2.73. The molecule has 0 fully saturated rings. The molecule has 1 N–H and O–H groups in total. The molecule has 2 aliphatic rings. The first kappa shape index (κ1) is 17.7. The van der Waals surface area contributed by atoms with E-state index in [0.29, 0.717) is 17.2 Å². The molecule has 3 atom stereocenters. The Morgan fingerprint density at radius 2 is 1.74 bits per heavy atom. The molecule has 2 heterocycles. The first-order chi connectivity index (χ1) is 12.8. The normalized spacial score (nSPS) is 25.5. The van der Waals surface area contributed by atoms with E-state index in [-0.39, 0.29) is 18.5 Å². The van der Waals surface area contributed by atoms with Gasteiger partial charge < -0.3 is 24.2 Å². The van der Waals surface area contributed by atoms with Crippen LogP contribution >= 0.6 is 0 Å². The van der Waals surface area contributed by atoms with E-state index < -0.39 is 11.7 Å². The zero-order valence-corrected chi connectivity index (χ0v) is 15.9. The fourth-order valence-corrected chi connectivity index (χ4v) is 4.01. The van der Waals surface area contributed by atoms with Crippen LogP contribution in [-0.2, 0) is 4.79 Å². The highest BCUT2D eigenvalue weighted by Crippen LogP contribution is 2.51. The molecule has 0 spiro atoms. The SMILES string of the molecule is CC(=O)[C@@H]1[C@H](c2ccc(N(C)C)cc2)c2cc3c(cc2O[C@@]1(C)O)OCO3. The van der Waals surface area contributed by atoms with E-state index in [4.69, 9.17) is 14.2 Å². The van der Waals surface area contributed by atoms with Crippen molar-refractivity contribution >= 4 is 11.5 Å². The number of anilines is 1. The summed E-state index contributed by atoms with van der Waals surface area (Å²) in [5.74, 6) is -1.16. The highest BCUT2D eigenvalue weighted by atomic mass is 16.7. The molecular weight excluding hydrogens is 346 g/mol. The van der Waals surface area contributed by atoms with Gasteiger partial charge in [-0.15, -0.1) is 0 Å². The lowest BCUT2D eigenvalue weighted by atomic mass is 9.72. The smallest absolute Gasteiger partial charge is 0.231 e. The maximum atomic E-state index is 12.5. The zero-order chi connectivity index (χ0) is 19.3. The number of nitrogens with zero attached hydrogens (tertiary/aromatic N) is 1. The molecule has 0 aliphatic carbocycles. The number of carbonyl (C=O) groups is 1. The second-order valence-corrected chi connectivity index (χ2v) is 7.45. The van der Waals surface area contributed by atoms with Crippen LogP contribution in [-0.4, -0.2) is 37.6 Å². The number of fused-ring (bicyclic) bond motifs is 2. The zero-order valence-electron chi connectivity index (χ0n) is 15.9. The van der Waals surface area contributed by atoms with Gasteiger partial charge in [-0.2, -0.15) is 0 Å². The molecule has 4 rings (SSSR count). The first-order valence-corrected chi connectivity index (χ1v) is 8.90. The van der Waals surface area contributed by atoms with Crippen LogP contribution in [0.1, 0.15) is 30.9 Å². The fourth-order valence-electron chi connectivity index (χ4n) is 4.01. The second-order valence-electron chi connectivity index (χ2n) is 7.45. The summed E-state index contributed by atoms with van der Waals surface area (Å²) >= 11 is 0. The molecule has 6 nitrogen and oxygen atoms in total. The van der Waals surface area contributed by atoms with E-state index >= 15 is 0 Å². The lowest BCUT2D eigenvalue weighted by molar-refractivity contribution is -0.181. The number of hydrogen-bond acceptors (Lipinski definition) is 6. The number of hydrogen-bond donors (Lipinski definition) is 1. The maximum Gasteiger partial charge on any atom is 0.231 e. The van der Waals surface area contributed by atoms with Gasteiger partial charge in [0.25, 0.3) is 0 Å². The fraction of sp³-hybridized carbons (Fsp3) is 0.381. The number of aliphatic hydroxyl groups is 1. The van der Waals surface area contributed by atoms with E-state index in [1.165, 1.54) is 13.8 Å². The van der Waals surface area contributed by atoms with Crippen molar-refractivity contribution in [2.75, 3.05) is 25.8 Å². The van der Waals surface area contributed by atoms with Gasteiger partial charge in [-0.3, -0.25) is 4.79 Å². The first-order valence-electron chi connectivity index (χ1n) is 8.90. The number of rotatable bonds is 3. The summed E-state index contributed by atoms with van der Waals surface area (Å²) in [5, 5.41) is 11.0. The lowest BCUT2D eigenvalue weighted by Crippen LogP contribution is -2.50. The highest BCUT2D eigenvalue weighted by molar-refractivity contribution is 5.82. The molecule has 0 saturated heterocycles. The van der Waals surface area contributed by atoms with E-state index in [2.05, 4.69) is 0 Å². The van der Waals surface area contributed by atoms with Crippen molar-refractivity contribution in [1.82, 2.24) is 0 Å². The van der Waals surface area contributed by atoms with Gasteiger partial charge >= 0.3 is 0 Å². The molecule has 0 saturated carbocycles. The summed E-state index contributed by atoms with van der Waals surface area (Å²) in [6.45, 7) is 3.17. The minimum absolute atomic E-state index is 0.134. The Morgan fingerprint density at radius 1 is 1.11 bits per heavy atom. The summed E-state index contributed by atoms with van der Waals surface area (Å²) in [6, 6.07) is 11.6. The predicted octanol–water partition coefficient (Wildman–Crippen LogP) is 2.92. The quantitative estimate of drug-likeness (QED) is 0.897. The van der Waals surface area contributed by atoms with Crippen molar-refractivity contribution in [2.45, 2.75) is 25.6 Å². The van der Waals surface area contributed by atoms with Gasteiger partial charge in [0.15, 0.2) is 11.5 Å². The van der Waals surface area contributed by atoms with Crippen LogP contribution in [0.4, 0.5) is 5.69 Å². The number of Topliss-reactive ketones (excluding diaryl/α,β-unsaturated/α-hetero) is 1. The van der Waals surface area contributed by atoms with Crippen LogP contribution in [0.3, 0.4) is 0 Å². The summed E-state index contributed by atoms with van der Waals surface area (Å²) in [6.07, 6.45) is 0. The van der Waals surface area contributed by atoms with Crippen molar-refractivity contribution in [3.05, 3.63) is 47.5 Å². The van der Waals surface area contributed by atoms with Gasteiger partial charge in [0.2, 0.25) is 12.6 Å². The van der Waals surface area contributed by atoms with Gasteiger partial charge in [-0.25, -0.2) is 0 Å². The van der Waals surface area contributed by atoms with Crippen LogP contribution in [0.5, 0.6) is 17.2 Å². The monoisotopic (exact) mass is 369 g/mol. The Kier molecular flexibility index (Phi) is 4.03. The predicted molar refractivity (Wildman–Crippen MR) is 101 cm³/mol. The molecular formula is C21H23NO5. The Balaban J connectivity index is 1.89. The van der Waals surface area contributed by atoms with E-state index in [0.717, 1.165) is 16.8 Å².